The number of nitrogens with zero attached hydrogens (tertiary/aromatic N) is 1. The number of carbonyl (C=O) groups excluding carboxylic acids is 1. The lowest BCUT2D eigenvalue weighted by atomic mass is 9.89. The highest BCUT2D eigenvalue weighted by Crippen LogP contribution is 2.43. The van der Waals surface area contributed by atoms with Gasteiger partial charge in [-0.15, -0.1) is 0 Å². The molecule has 2 heterocycles. The number of benzene rings is 2. The zero-order valence-corrected chi connectivity index (χ0v) is 14.7. The summed E-state index contributed by atoms with van der Waals surface area (Å²) in [5.41, 5.74) is 2.89. The predicted molar refractivity (Wildman–Crippen MR) is 97.8 cm³/mol. The number of fused-ring (bicyclic) bond motifs is 1. The molecule has 2 aromatic carbocycles. The Hall–Kier alpha value is -2.33. The van der Waals surface area contributed by atoms with Crippen molar-refractivity contribution in [3.05, 3.63) is 65.2 Å². The fraction of sp³-hybridized carbons (Fsp3) is 0.381. The van der Waals surface area contributed by atoms with Crippen molar-refractivity contribution in [1.82, 2.24) is 10.2 Å². The average Bonchev–Trinajstić information content (AvgIpc) is 3.23. The van der Waals surface area contributed by atoms with Crippen molar-refractivity contribution in [2.45, 2.75) is 13.0 Å². The molecule has 4 heteroatoms. The first-order chi connectivity index (χ1) is 12.2. The number of methoxy groups -OCH3 is 1. The number of hydrogen-bond donors (Lipinski definition) is 1. The number of nitrogens with one attached hydrogen (secondary N) is 1. The molecule has 3 atom stereocenters. The lowest BCUT2D eigenvalue weighted by Crippen LogP contribution is -2.35. The fourth-order valence-electron chi connectivity index (χ4n) is 4.43. The molecule has 1 N–H and O–H groups in total. The first kappa shape index (κ1) is 16.2. The largest absolute Gasteiger partial charge is 0.496 e. The van der Waals surface area contributed by atoms with Gasteiger partial charge in [0.15, 0.2) is 0 Å². The van der Waals surface area contributed by atoms with Crippen molar-refractivity contribution in [3.8, 4) is 5.75 Å². The predicted octanol–water partition coefficient (Wildman–Crippen LogP) is 3.04. The topological polar surface area (TPSA) is 41.6 Å². The quantitative estimate of drug-likeness (QED) is 0.937. The van der Waals surface area contributed by atoms with Gasteiger partial charge in [-0.2, -0.15) is 0 Å². The third kappa shape index (κ3) is 2.71. The van der Waals surface area contributed by atoms with Crippen LogP contribution in [0.3, 0.4) is 0 Å². The Morgan fingerprint density at radius 1 is 1.12 bits per heavy atom. The molecule has 0 aliphatic carbocycles. The van der Waals surface area contributed by atoms with Gasteiger partial charge in [0.1, 0.15) is 5.75 Å². The van der Waals surface area contributed by atoms with E-state index in [4.69, 9.17) is 4.74 Å². The maximum absolute atomic E-state index is 13.4. The highest BCUT2D eigenvalue weighted by molar-refractivity contribution is 5.96. The molecule has 1 amide bonds. The summed E-state index contributed by atoms with van der Waals surface area (Å²) < 4.78 is 5.40. The summed E-state index contributed by atoms with van der Waals surface area (Å²) in [6, 6.07) is 16.3. The SMILES string of the molecule is COc1cccc(C(=O)N2C[C@@H]3CNC[C@@H]3[C@@H]2c2ccccc2)c1C. The van der Waals surface area contributed by atoms with Crippen molar-refractivity contribution < 1.29 is 9.53 Å². The van der Waals surface area contributed by atoms with Crippen molar-refractivity contribution in [3.63, 3.8) is 0 Å². The molecule has 25 heavy (non-hydrogen) atoms. The molecule has 0 bridgehead atoms. The standard InChI is InChI=1S/C21H24N2O2/c1-14-17(9-6-10-19(14)25-2)21(24)23-13-16-11-22-12-18(16)20(23)15-7-4-3-5-8-15/h3-10,16,18,20,22H,11-13H2,1-2H3/t16-,18-,20-/m0/s1. The Morgan fingerprint density at radius 2 is 1.92 bits per heavy atom. The van der Waals surface area contributed by atoms with E-state index in [1.54, 1.807) is 7.11 Å². The maximum Gasteiger partial charge on any atom is 0.254 e. The Bertz CT molecular complexity index is 775. The lowest BCUT2D eigenvalue weighted by Gasteiger charge is -2.29. The van der Waals surface area contributed by atoms with E-state index in [0.29, 0.717) is 11.8 Å². The van der Waals surface area contributed by atoms with Gasteiger partial charge in [-0.05, 0) is 30.5 Å². The molecule has 2 aliphatic heterocycles. The van der Waals surface area contributed by atoms with Crippen LogP contribution < -0.4 is 10.1 Å². The Morgan fingerprint density at radius 3 is 2.68 bits per heavy atom. The third-order valence-electron chi connectivity index (χ3n) is 5.70. The van der Waals surface area contributed by atoms with Gasteiger partial charge in [0.2, 0.25) is 0 Å². The van der Waals surface area contributed by atoms with Crippen LogP contribution in [-0.4, -0.2) is 37.6 Å². The molecule has 0 unspecified atom stereocenters. The van der Waals surface area contributed by atoms with Crippen LogP contribution in [0.2, 0.25) is 0 Å². The van der Waals surface area contributed by atoms with Gasteiger partial charge in [-0.25, -0.2) is 0 Å². The molecule has 2 fully saturated rings. The van der Waals surface area contributed by atoms with E-state index in [-0.39, 0.29) is 11.9 Å². The summed E-state index contributed by atoms with van der Waals surface area (Å²) in [6.45, 7) is 4.74. The minimum absolute atomic E-state index is 0.111. The molecule has 0 saturated carbocycles. The van der Waals surface area contributed by atoms with Crippen molar-refractivity contribution >= 4 is 5.91 Å². The molecule has 0 radical (unpaired) electrons. The molecule has 2 aromatic rings. The highest BCUT2D eigenvalue weighted by Gasteiger charge is 2.47. The third-order valence-corrected chi connectivity index (χ3v) is 5.70. The minimum atomic E-state index is 0.111. The van der Waals surface area contributed by atoms with Crippen LogP contribution in [0.4, 0.5) is 0 Å². The van der Waals surface area contributed by atoms with Crippen LogP contribution in [0.1, 0.15) is 27.5 Å². The second-order valence-electron chi connectivity index (χ2n) is 7.03. The second-order valence-corrected chi connectivity index (χ2v) is 7.03. The van der Waals surface area contributed by atoms with Crippen LogP contribution >= 0.6 is 0 Å². The summed E-state index contributed by atoms with van der Waals surface area (Å²) in [6.07, 6.45) is 0. The molecular formula is C21H24N2O2. The zero-order chi connectivity index (χ0) is 17.4. The van der Waals surface area contributed by atoms with Crippen LogP contribution in [-0.2, 0) is 0 Å². The first-order valence-electron chi connectivity index (χ1n) is 8.91. The zero-order valence-electron chi connectivity index (χ0n) is 14.7. The summed E-state index contributed by atoms with van der Waals surface area (Å²) in [7, 11) is 1.65. The molecule has 2 saturated heterocycles. The number of ether oxygens (including phenoxy) is 1. The van der Waals surface area contributed by atoms with E-state index in [1.807, 2.05) is 31.2 Å². The Kier molecular flexibility index (Phi) is 4.22. The van der Waals surface area contributed by atoms with E-state index in [9.17, 15) is 4.79 Å². The lowest BCUT2D eigenvalue weighted by molar-refractivity contribution is 0.0713. The van der Waals surface area contributed by atoms with Gasteiger partial charge in [-0.1, -0.05) is 36.4 Å². The van der Waals surface area contributed by atoms with E-state index in [1.165, 1.54) is 5.56 Å². The average molecular weight is 336 g/mol. The Balaban J connectivity index is 1.72. The van der Waals surface area contributed by atoms with Gasteiger partial charge in [0.25, 0.3) is 5.91 Å². The molecule has 4 nitrogen and oxygen atoms in total. The molecule has 130 valence electrons. The fourth-order valence-corrected chi connectivity index (χ4v) is 4.43. The first-order valence-corrected chi connectivity index (χ1v) is 8.91. The van der Waals surface area contributed by atoms with E-state index in [2.05, 4.69) is 34.5 Å². The normalized spacial score (nSPS) is 25.0. The van der Waals surface area contributed by atoms with E-state index >= 15 is 0 Å². The number of hydrogen-bond acceptors (Lipinski definition) is 3. The van der Waals surface area contributed by atoms with E-state index < -0.39 is 0 Å². The summed E-state index contributed by atoms with van der Waals surface area (Å²) in [4.78, 5) is 15.5. The van der Waals surface area contributed by atoms with Gasteiger partial charge < -0.3 is 15.0 Å². The monoisotopic (exact) mass is 336 g/mol. The van der Waals surface area contributed by atoms with Crippen molar-refractivity contribution in [2.75, 3.05) is 26.7 Å². The van der Waals surface area contributed by atoms with Crippen LogP contribution in [0, 0.1) is 18.8 Å². The number of amides is 1. The molecular weight excluding hydrogens is 312 g/mol. The van der Waals surface area contributed by atoms with Gasteiger partial charge in [0, 0.05) is 36.7 Å². The minimum Gasteiger partial charge on any atom is -0.496 e. The van der Waals surface area contributed by atoms with E-state index in [0.717, 1.165) is 36.5 Å². The number of rotatable bonds is 3. The van der Waals surface area contributed by atoms with Gasteiger partial charge >= 0.3 is 0 Å². The number of likely N-dealkylation sites (tertiary alicyclic amines) is 1. The van der Waals surface area contributed by atoms with Gasteiger partial charge in [0.05, 0.1) is 13.2 Å². The maximum atomic E-state index is 13.4. The molecule has 4 rings (SSSR count). The molecule has 0 spiro atoms. The summed E-state index contributed by atoms with van der Waals surface area (Å²) >= 11 is 0. The summed E-state index contributed by atoms with van der Waals surface area (Å²) in [5.74, 6) is 1.89. The van der Waals surface area contributed by atoms with Gasteiger partial charge in [-0.3, -0.25) is 4.79 Å². The second kappa shape index (κ2) is 6.52. The molecule has 0 aromatic heterocycles. The number of carbonyl (C=O) groups is 1. The molecule has 2 aliphatic rings. The van der Waals surface area contributed by atoms with Crippen molar-refractivity contribution in [2.24, 2.45) is 11.8 Å². The van der Waals surface area contributed by atoms with Crippen LogP contribution in [0.15, 0.2) is 48.5 Å². The van der Waals surface area contributed by atoms with Crippen LogP contribution in [0.25, 0.3) is 0 Å². The smallest absolute Gasteiger partial charge is 0.254 e. The van der Waals surface area contributed by atoms with Crippen LogP contribution in [0.5, 0.6) is 5.75 Å². The Labute approximate surface area is 148 Å². The highest BCUT2D eigenvalue weighted by atomic mass is 16.5. The van der Waals surface area contributed by atoms with Crippen molar-refractivity contribution in [1.29, 1.82) is 0 Å². The summed E-state index contributed by atoms with van der Waals surface area (Å²) in [5, 5.41) is 3.49.